The number of rotatable bonds is 5. The summed E-state index contributed by atoms with van der Waals surface area (Å²) in [4.78, 5) is 11.8. The summed E-state index contributed by atoms with van der Waals surface area (Å²) in [6, 6.07) is 4.22. The Balaban J connectivity index is 1.68. The molecular weight excluding hydrogens is 228 g/mol. The van der Waals surface area contributed by atoms with Gasteiger partial charge in [0.15, 0.2) is 0 Å². The molecule has 1 fully saturated rings. The fraction of sp³-hybridized carbons (Fsp3) is 0.643. The molecule has 0 saturated heterocycles. The molecule has 18 heavy (non-hydrogen) atoms. The van der Waals surface area contributed by atoms with Crippen LogP contribution in [0.4, 0.5) is 0 Å². The van der Waals surface area contributed by atoms with Crippen molar-refractivity contribution in [3.63, 3.8) is 0 Å². The van der Waals surface area contributed by atoms with Crippen molar-refractivity contribution in [3.05, 3.63) is 24.2 Å². The first-order valence-electron chi connectivity index (χ1n) is 6.82. The van der Waals surface area contributed by atoms with Gasteiger partial charge in [-0.05, 0) is 31.9 Å². The van der Waals surface area contributed by atoms with Gasteiger partial charge in [-0.25, -0.2) is 0 Å². The monoisotopic (exact) mass is 250 g/mol. The first-order chi connectivity index (χ1) is 8.75. The Morgan fingerprint density at radius 1 is 1.44 bits per heavy atom. The average molecular weight is 250 g/mol. The van der Waals surface area contributed by atoms with E-state index in [1.807, 2.05) is 19.1 Å². The number of carbonyl (C=O) groups excluding carboxylic acids is 1. The van der Waals surface area contributed by atoms with Gasteiger partial charge >= 0.3 is 0 Å². The number of amides is 1. The third kappa shape index (κ3) is 3.88. The van der Waals surface area contributed by atoms with Crippen molar-refractivity contribution in [1.82, 2.24) is 10.6 Å². The summed E-state index contributed by atoms with van der Waals surface area (Å²) < 4.78 is 5.28. The molecule has 1 heterocycles. The van der Waals surface area contributed by atoms with E-state index in [1.165, 1.54) is 19.3 Å². The Bertz CT molecular complexity index is 356. The molecule has 1 amide bonds. The van der Waals surface area contributed by atoms with Crippen molar-refractivity contribution in [1.29, 1.82) is 0 Å². The number of furan rings is 1. The molecule has 0 radical (unpaired) electrons. The molecule has 1 aromatic rings. The van der Waals surface area contributed by atoms with Crippen LogP contribution in [0, 0.1) is 0 Å². The highest BCUT2D eigenvalue weighted by Crippen LogP contribution is 2.17. The van der Waals surface area contributed by atoms with E-state index in [0.29, 0.717) is 12.6 Å². The largest absolute Gasteiger partial charge is 0.468 e. The zero-order valence-electron chi connectivity index (χ0n) is 10.9. The Morgan fingerprint density at radius 2 is 2.22 bits per heavy atom. The van der Waals surface area contributed by atoms with E-state index in [-0.39, 0.29) is 11.9 Å². The Labute approximate surface area is 108 Å². The van der Waals surface area contributed by atoms with Gasteiger partial charge in [0.1, 0.15) is 5.76 Å². The molecule has 1 atom stereocenters. The summed E-state index contributed by atoms with van der Waals surface area (Å²) in [5.74, 6) is 0.945. The highest BCUT2D eigenvalue weighted by Gasteiger charge is 2.16. The van der Waals surface area contributed by atoms with Gasteiger partial charge in [-0.3, -0.25) is 10.1 Å². The van der Waals surface area contributed by atoms with E-state index in [9.17, 15) is 4.79 Å². The van der Waals surface area contributed by atoms with Gasteiger partial charge in [-0.2, -0.15) is 0 Å². The van der Waals surface area contributed by atoms with E-state index >= 15 is 0 Å². The van der Waals surface area contributed by atoms with Crippen LogP contribution in [0.25, 0.3) is 0 Å². The number of hydrogen-bond acceptors (Lipinski definition) is 3. The maximum absolute atomic E-state index is 11.8. The molecule has 2 N–H and O–H groups in total. The normalized spacial score (nSPS) is 18.5. The van der Waals surface area contributed by atoms with Crippen molar-refractivity contribution in [2.45, 2.75) is 51.1 Å². The Morgan fingerprint density at radius 3 is 2.89 bits per heavy atom. The first kappa shape index (κ1) is 13.1. The minimum Gasteiger partial charge on any atom is -0.468 e. The Kier molecular flexibility index (Phi) is 4.81. The van der Waals surface area contributed by atoms with E-state index in [4.69, 9.17) is 4.42 Å². The van der Waals surface area contributed by atoms with Crippen LogP contribution < -0.4 is 10.6 Å². The molecule has 1 aromatic heterocycles. The predicted octanol–water partition coefficient (Wildman–Crippen LogP) is 2.38. The molecule has 2 rings (SSSR count). The van der Waals surface area contributed by atoms with Gasteiger partial charge in [-0.15, -0.1) is 0 Å². The van der Waals surface area contributed by atoms with Gasteiger partial charge < -0.3 is 9.73 Å². The Hall–Kier alpha value is -1.29. The number of nitrogens with one attached hydrogen (secondary N) is 2. The molecule has 0 bridgehead atoms. The van der Waals surface area contributed by atoms with Crippen LogP contribution in [-0.4, -0.2) is 18.5 Å². The second-order valence-electron chi connectivity index (χ2n) is 5.02. The van der Waals surface area contributed by atoms with Crippen molar-refractivity contribution >= 4 is 5.91 Å². The van der Waals surface area contributed by atoms with Crippen LogP contribution in [0.3, 0.4) is 0 Å². The summed E-state index contributed by atoms with van der Waals surface area (Å²) in [7, 11) is 0. The molecule has 1 aliphatic carbocycles. The van der Waals surface area contributed by atoms with Crippen LogP contribution in [0.15, 0.2) is 22.8 Å². The zero-order chi connectivity index (χ0) is 12.8. The SMILES string of the molecule is C[C@@H](NCC(=O)NC1CCCCC1)c1ccco1. The van der Waals surface area contributed by atoms with Crippen molar-refractivity contribution in [2.75, 3.05) is 6.54 Å². The third-order valence-electron chi connectivity index (χ3n) is 3.51. The zero-order valence-corrected chi connectivity index (χ0v) is 10.9. The van der Waals surface area contributed by atoms with Crippen molar-refractivity contribution in [3.8, 4) is 0 Å². The summed E-state index contributed by atoms with van der Waals surface area (Å²) in [6.07, 6.45) is 7.68. The number of carbonyl (C=O) groups is 1. The van der Waals surface area contributed by atoms with E-state index in [1.54, 1.807) is 6.26 Å². The fourth-order valence-corrected chi connectivity index (χ4v) is 2.41. The molecule has 4 heteroatoms. The minimum atomic E-state index is 0.0668. The second kappa shape index (κ2) is 6.59. The molecule has 1 saturated carbocycles. The molecule has 0 aliphatic heterocycles. The van der Waals surface area contributed by atoms with Crippen LogP contribution in [0.2, 0.25) is 0 Å². The topological polar surface area (TPSA) is 54.3 Å². The summed E-state index contributed by atoms with van der Waals surface area (Å²) in [5.41, 5.74) is 0. The first-order valence-corrected chi connectivity index (χ1v) is 6.82. The maximum Gasteiger partial charge on any atom is 0.234 e. The highest BCUT2D eigenvalue weighted by atomic mass is 16.3. The molecule has 0 spiro atoms. The quantitative estimate of drug-likeness (QED) is 0.843. The highest BCUT2D eigenvalue weighted by molar-refractivity contribution is 5.78. The van der Waals surface area contributed by atoms with Crippen LogP contribution in [0.5, 0.6) is 0 Å². The van der Waals surface area contributed by atoms with Crippen LogP contribution in [-0.2, 0) is 4.79 Å². The van der Waals surface area contributed by atoms with Crippen molar-refractivity contribution in [2.24, 2.45) is 0 Å². The minimum absolute atomic E-state index is 0.0668. The molecular formula is C14H22N2O2. The maximum atomic E-state index is 11.8. The van der Waals surface area contributed by atoms with Crippen LogP contribution in [0.1, 0.15) is 50.8 Å². The molecule has 0 unspecified atom stereocenters. The molecule has 100 valence electrons. The second-order valence-corrected chi connectivity index (χ2v) is 5.02. The van der Waals surface area contributed by atoms with Gasteiger partial charge in [-0.1, -0.05) is 19.3 Å². The van der Waals surface area contributed by atoms with E-state index < -0.39 is 0 Å². The summed E-state index contributed by atoms with van der Waals surface area (Å²) in [6.45, 7) is 2.34. The molecule has 1 aliphatic rings. The van der Waals surface area contributed by atoms with Gasteiger partial charge in [0.25, 0.3) is 0 Å². The molecule has 4 nitrogen and oxygen atoms in total. The third-order valence-corrected chi connectivity index (χ3v) is 3.51. The average Bonchev–Trinajstić information content (AvgIpc) is 2.91. The fourth-order valence-electron chi connectivity index (χ4n) is 2.41. The lowest BCUT2D eigenvalue weighted by Gasteiger charge is -2.23. The standard InChI is InChI=1S/C14H22N2O2/c1-11(13-8-5-9-18-13)15-10-14(17)16-12-6-3-2-4-7-12/h5,8-9,11-12,15H,2-4,6-7,10H2,1H3,(H,16,17)/t11-/m1/s1. The lowest BCUT2D eigenvalue weighted by Crippen LogP contribution is -2.41. The lowest BCUT2D eigenvalue weighted by molar-refractivity contribution is -0.121. The summed E-state index contributed by atoms with van der Waals surface area (Å²) in [5, 5.41) is 6.26. The van der Waals surface area contributed by atoms with Crippen molar-refractivity contribution < 1.29 is 9.21 Å². The van der Waals surface area contributed by atoms with E-state index in [2.05, 4.69) is 10.6 Å². The van der Waals surface area contributed by atoms with Gasteiger partial charge in [0.05, 0.1) is 18.8 Å². The van der Waals surface area contributed by atoms with Gasteiger partial charge in [0.2, 0.25) is 5.91 Å². The van der Waals surface area contributed by atoms with E-state index in [0.717, 1.165) is 18.6 Å². The summed E-state index contributed by atoms with van der Waals surface area (Å²) >= 11 is 0. The van der Waals surface area contributed by atoms with Crippen LogP contribution >= 0.6 is 0 Å². The van der Waals surface area contributed by atoms with Gasteiger partial charge in [0, 0.05) is 6.04 Å². The predicted molar refractivity (Wildman–Crippen MR) is 70.1 cm³/mol. The smallest absolute Gasteiger partial charge is 0.234 e. The lowest BCUT2D eigenvalue weighted by atomic mass is 9.95. The molecule has 0 aromatic carbocycles. The number of hydrogen-bond donors (Lipinski definition) is 2.